The number of carbonyl (C=O) groups excluding carboxylic acids is 2. The summed E-state index contributed by atoms with van der Waals surface area (Å²) in [4.78, 5) is 23.2. The standard InChI is InChI=1S/C17H15Cl2NO4/c1-10(17(22)20-14-5-4-12(18)8-13(14)19)24-16-7-11(9-21)3-6-15(16)23-2/h3-10H,1-2H3,(H,20,22)/t10-/m0/s1. The first-order chi connectivity index (χ1) is 11.4. The summed E-state index contributed by atoms with van der Waals surface area (Å²) in [6.07, 6.45) is -0.155. The van der Waals surface area contributed by atoms with Crippen molar-refractivity contribution in [2.75, 3.05) is 12.4 Å². The molecule has 0 aromatic heterocycles. The Balaban J connectivity index is 2.12. The van der Waals surface area contributed by atoms with Crippen LogP contribution in [0.25, 0.3) is 0 Å². The van der Waals surface area contributed by atoms with Crippen LogP contribution in [0.15, 0.2) is 36.4 Å². The first kappa shape index (κ1) is 18.1. The Morgan fingerprint density at radius 3 is 2.54 bits per heavy atom. The number of ether oxygens (including phenoxy) is 2. The molecule has 2 aromatic rings. The van der Waals surface area contributed by atoms with Crippen LogP contribution < -0.4 is 14.8 Å². The van der Waals surface area contributed by atoms with Crippen LogP contribution in [0.1, 0.15) is 17.3 Å². The second-order valence-corrected chi connectivity index (χ2v) is 5.75. The number of carbonyl (C=O) groups is 2. The van der Waals surface area contributed by atoms with Crippen molar-refractivity contribution in [1.29, 1.82) is 0 Å². The van der Waals surface area contributed by atoms with Gasteiger partial charge in [0.2, 0.25) is 0 Å². The van der Waals surface area contributed by atoms with Crippen LogP contribution in [0.4, 0.5) is 5.69 Å². The quantitative estimate of drug-likeness (QED) is 0.776. The third-order valence-electron chi connectivity index (χ3n) is 3.19. The van der Waals surface area contributed by atoms with E-state index in [1.165, 1.54) is 19.2 Å². The van der Waals surface area contributed by atoms with E-state index >= 15 is 0 Å². The summed E-state index contributed by atoms with van der Waals surface area (Å²) < 4.78 is 10.8. The van der Waals surface area contributed by atoms with Gasteiger partial charge in [-0.3, -0.25) is 9.59 Å². The van der Waals surface area contributed by atoms with E-state index in [1.807, 2.05) is 0 Å². The molecule has 1 amide bonds. The Hall–Kier alpha value is -2.24. The summed E-state index contributed by atoms with van der Waals surface area (Å²) in [6, 6.07) is 9.44. The van der Waals surface area contributed by atoms with Crippen molar-refractivity contribution in [2.24, 2.45) is 0 Å². The first-order valence-electron chi connectivity index (χ1n) is 7.00. The zero-order valence-electron chi connectivity index (χ0n) is 13.0. The van der Waals surface area contributed by atoms with E-state index in [-0.39, 0.29) is 0 Å². The van der Waals surface area contributed by atoms with Gasteiger partial charge in [-0.05, 0) is 43.3 Å². The first-order valence-corrected chi connectivity index (χ1v) is 7.76. The van der Waals surface area contributed by atoms with Gasteiger partial charge in [-0.15, -0.1) is 0 Å². The number of methoxy groups -OCH3 is 1. The second kappa shape index (κ2) is 8.04. The average Bonchev–Trinajstić information content (AvgIpc) is 2.57. The molecule has 0 fully saturated rings. The molecule has 0 bridgehead atoms. The van der Waals surface area contributed by atoms with Gasteiger partial charge in [0.15, 0.2) is 17.6 Å². The van der Waals surface area contributed by atoms with Crippen molar-refractivity contribution in [3.8, 4) is 11.5 Å². The molecule has 0 aliphatic carbocycles. The van der Waals surface area contributed by atoms with Crippen molar-refractivity contribution < 1.29 is 19.1 Å². The van der Waals surface area contributed by atoms with Crippen LogP contribution >= 0.6 is 23.2 Å². The summed E-state index contributed by atoms with van der Waals surface area (Å²) >= 11 is 11.8. The highest BCUT2D eigenvalue weighted by Crippen LogP contribution is 2.29. The van der Waals surface area contributed by atoms with E-state index < -0.39 is 12.0 Å². The van der Waals surface area contributed by atoms with Crippen molar-refractivity contribution in [1.82, 2.24) is 0 Å². The Morgan fingerprint density at radius 2 is 1.92 bits per heavy atom. The molecule has 0 aliphatic rings. The maximum absolute atomic E-state index is 12.3. The topological polar surface area (TPSA) is 64.6 Å². The predicted molar refractivity (Wildman–Crippen MR) is 93.6 cm³/mol. The number of rotatable bonds is 6. The number of anilines is 1. The van der Waals surface area contributed by atoms with Crippen LogP contribution in [0.2, 0.25) is 10.0 Å². The van der Waals surface area contributed by atoms with Gasteiger partial charge in [-0.25, -0.2) is 0 Å². The fraction of sp³-hybridized carbons (Fsp3) is 0.176. The molecular formula is C17H15Cl2NO4. The van der Waals surface area contributed by atoms with Gasteiger partial charge in [0.1, 0.15) is 6.29 Å². The molecule has 0 saturated carbocycles. The molecule has 0 aliphatic heterocycles. The van der Waals surface area contributed by atoms with Crippen LogP contribution in [0.3, 0.4) is 0 Å². The summed E-state index contributed by atoms with van der Waals surface area (Å²) in [5.74, 6) is 0.314. The Bertz CT molecular complexity index is 764. The van der Waals surface area contributed by atoms with Gasteiger partial charge < -0.3 is 14.8 Å². The number of hydrogen-bond acceptors (Lipinski definition) is 4. The van der Waals surface area contributed by atoms with Crippen molar-refractivity contribution in [3.05, 3.63) is 52.0 Å². The number of hydrogen-bond donors (Lipinski definition) is 1. The molecule has 0 heterocycles. The van der Waals surface area contributed by atoms with Gasteiger partial charge in [-0.1, -0.05) is 23.2 Å². The van der Waals surface area contributed by atoms with Crippen LogP contribution in [-0.4, -0.2) is 25.4 Å². The minimum absolute atomic E-state index is 0.298. The highest BCUT2D eigenvalue weighted by Gasteiger charge is 2.18. The fourth-order valence-corrected chi connectivity index (χ4v) is 2.38. The molecule has 5 nitrogen and oxygen atoms in total. The molecule has 7 heteroatoms. The van der Waals surface area contributed by atoms with Crippen LogP contribution in [0, 0.1) is 0 Å². The molecule has 126 valence electrons. The summed E-state index contributed by atoms with van der Waals surface area (Å²) in [5, 5.41) is 3.45. The normalized spacial score (nSPS) is 11.5. The number of aldehydes is 1. The molecule has 2 aromatic carbocycles. The van der Waals surface area contributed by atoms with E-state index in [1.54, 1.807) is 31.2 Å². The Morgan fingerprint density at radius 1 is 1.17 bits per heavy atom. The number of amides is 1. The van der Waals surface area contributed by atoms with Crippen molar-refractivity contribution >= 4 is 41.1 Å². The number of benzene rings is 2. The monoisotopic (exact) mass is 367 g/mol. The molecule has 0 radical (unpaired) electrons. The van der Waals surface area contributed by atoms with Crippen LogP contribution in [-0.2, 0) is 4.79 Å². The van der Waals surface area contributed by atoms with Gasteiger partial charge >= 0.3 is 0 Å². The zero-order valence-corrected chi connectivity index (χ0v) is 14.5. The maximum atomic E-state index is 12.3. The van der Waals surface area contributed by atoms with Gasteiger partial charge in [0.25, 0.3) is 5.91 Å². The lowest BCUT2D eigenvalue weighted by atomic mass is 10.2. The molecule has 0 unspecified atom stereocenters. The molecular weight excluding hydrogens is 353 g/mol. The number of halogens is 2. The van der Waals surface area contributed by atoms with Crippen LogP contribution in [0.5, 0.6) is 11.5 Å². The highest BCUT2D eigenvalue weighted by atomic mass is 35.5. The molecule has 2 rings (SSSR count). The largest absolute Gasteiger partial charge is 0.493 e. The van der Waals surface area contributed by atoms with Gasteiger partial charge in [-0.2, -0.15) is 0 Å². The Labute approximate surface area is 149 Å². The average molecular weight is 368 g/mol. The van der Waals surface area contributed by atoms with Gasteiger partial charge in [0, 0.05) is 10.6 Å². The van der Waals surface area contributed by atoms with E-state index in [0.29, 0.717) is 39.1 Å². The third kappa shape index (κ3) is 4.40. The maximum Gasteiger partial charge on any atom is 0.265 e. The predicted octanol–water partition coefficient (Wildman–Crippen LogP) is 4.22. The lowest BCUT2D eigenvalue weighted by Gasteiger charge is -2.17. The highest BCUT2D eigenvalue weighted by molar-refractivity contribution is 6.36. The zero-order chi connectivity index (χ0) is 17.7. The fourth-order valence-electron chi connectivity index (χ4n) is 1.93. The van der Waals surface area contributed by atoms with Crippen molar-refractivity contribution in [3.63, 3.8) is 0 Å². The van der Waals surface area contributed by atoms with Crippen molar-refractivity contribution in [2.45, 2.75) is 13.0 Å². The van der Waals surface area contributed by atoms with E-state index in [2.05, 4.69) is 5.32 Å². The summed E-state index contributed by atoms with van der Waals surface area (Å²) in [5.41, 5.74) is 0.842. The second-order valence-electron chi connectivity index (χ2n) is 4.90. The number of nitrogens with one attached hydrogen (secondary N) is 1. The van der Waals surface area contributed by atoms with Gasteiger partial charge in [0.05, 0.1) is 17.8 Å². The smallest absolute Gasteiger partial charge is 0.265 e. The Kier molecular flexibility index (Phi) is 6.06. The minimum Gasteiger partial charge on any atom is -0.493 e. The lowest BCUT2D eigenvalue weighted by Crippen LogP contribution is -2.30. The summed E-state index contributed by atoms with van der Waals surface area (Å²) in [7, 11) is 1.47. The third-order valence-corrected chi connectivity index (χ3v) is 3.73. The van der Waals surface area contributed by atoms with E-state index in [9.17, 15) is 9.59 Å². The molecule has 0 saturated heterocycles. The SMILES string of the molecule is COc1ccc(C=O)cc1O[C@@H](C)C(=O)Nc1ccc(Cl)cc1Cl. The minimum atomic E-state index is -0.840. The van der Waals surface area contributed by atoms with E-state index in [0.717, 1.165) is 0 Å². The molecule has 24 heavy (non-hydrogen) atoms. The molecule has 1 atom stereocenters. The lowest BCUT2D eigenvalue weighted by molar-refractivity contribution is -0.122. The van der Waals surface area contributed by atoms with E-state index in [4.69, 9.17) is 32.7 Å². The summed E-state index contributed by atoms with van der Waals surface area (Å²) in [6.45, 7) is 1.58. The molecule has 0 spiro atoms. The molecule has 1 N–H and O–H groups in total.